The van der Waals surface area contributed by atoms with Gasteiger partial charge in [0.1, 0.15) is 0 Å². The van der Waals surface area contributed by atoms with E-state index in [0.717, 1.165) is 51.4 Å². The van der Waals surface area contributed by atoms with Crippen molar-refractivity contribution in [2.45, 2.75) is 118 Å². The summed E-state index contributed by atoms with van der Waals surface area (Å²) in [5.41, 5.74) is -0.490. The third-order valence-electron chi connectivity index (χ3n) is 12.1. The van der Waals surface area contributed by atoms with Gasteiger partial charge >= 0.3 is 11.9 Å². The summed E-state index contributed by atoms with van der Waals surface area (Å²) >= 11 is 0. The normalized spacial score (nSPS) is 44.9. The second-order valence-corrected chi connectivity index (χ2v) is 14.7. The lowest BCUT2D eigenvalue weighted by molar-refractivity contribution is -0.190. The molecular formula is C30H48O5. The van der Waals surface area contributed by atoms with Crippen molar-refractivity contribution in [3.05, 3.63) is 11.6 Å². The van der Waals surface area contributed by atoms with Gasteiger partial charge < -0.3 is 15.3 Å². The van der Waals surface area contributed by atoms with Gasteiger partial charge in [-0.3, -0.25) is 9.59 Å². The van der Waals surface area contributed by atoms with Crippen molar-refractivity contribution in [2.24, 2.45) is 44.8 Å². The molecule has 0 heterocycles. The number of aliphatic hydroxyl groups is 1. The standard InChI is InChI=1S/C30H48O5/c1-25(2)14-16-30(24(33)34)17-15-28(6)19(20(30)18-25)8-9-22-27(5,12-11-23(31)32)21(26(3,4)35)10-13-29(22,28)7/h8,20-22,35H,9-18H2,1-7H3,(H,31,32)(H,33,34)/t20-,21?,22+,27-,28+,29+,30-/m0/s1. The minimum Gasteiger partial charge on any atom is -0.481 e. The molecule has 4 rings (SSSR count). The van der Waals surface area contributed by atoms with E-state index in [0.29, 0.717) is 6.42 Å². The molecule has 0 bridgehead atoms. The molecule has 0 radical (unpaired) electrons. The molecule has 1 unspecified atom stereocenters. The van der Waals surface area contributed by atoms with E-state index >= 15 is 0 Å². The Bertz CT molecular complexity index is 928. The largest absolute Gasteiger partial charge is 0.481 e. The summed E-state index contributed by atoms with van der Waals surface area (Å²) in [6.07, 6.45) is 9.99. The number of carboxylic acids is 2. The van der Waals surface area contributed by atoms with Crippen LogP contribution in [0.1, 0.15) is 113 Å². The Kier molecular flexibility index (Phi) is 6.15. The molecule has 4 aliphatic rings. The molecule has 3 N–H and O–H groups in total. The van der Waals surface area contributed by atoms with Crippen molar-refractivity contribution in [1.82, 2.24) is 0 Å². The monoisotopic (exact) mass is 488 g/mol. The number of carboxylic acid groups (broad SMARTS) is 2. The van der Waals surface area contributed by atoms with Crippen LogP contribution in [0.4, 0.5) is 0 Å². The van der Waals surface area contributed by atoms with E-state index in [2.05, 4.69) is 40.7 Å². The molecule has 3 fully saturated rings. The molecule has 0 aromatic heterocycles. The van der Waals surface area contributed by atoms with E-state index in [-0.39, 0.29) is 45.8 Å². The van der Waals surface area contributed by atoms with Gasteiger partial charge in [0.05, 0.1) is 11.0 Å². The Balaban J connectivity index is 1.82. The van der Waals surface area contributed by atoms with Crippen molar-refractivity contribution in [3.8, 4) is 0 Å². The number of aliphatic carboxylic acids is 2. The number of rotatable bonds is 5. The van der Waals surface area contributed by atoms with E-state index in [9.17, 15) is 24.9 Å². The van der Waals surface area contributed by atoms with Crippen LogP contribution in [0.25, 0.3) is 0 Å². The van der Waals surface area contributed by atoms with Crippen molar-refractivity contribution in [1.29, 1.82) is 0 Å². The van der Waals surface area contributed by atoms with Crippen molar-refractivity contribution < 1.29 is 24.9 Å². The molecule has 0 saturated heterocycles. The summed E-state index contributed by atoms with van der Waals surface area (Å²) in [5, 5.41) is 31.3. The van der Waals surface area contributed by atoms with Crippen molar-refractivity contribution >= 4 is 11.9 Å². The lowest BCUT2D eigenvalue weighted by Crippen LogP contribution is -2.63. The third-order valence-corrected chi connectivity index (χ3v) is 12.1. The van der Waals surface area contributed by atoms with Crippen molar-refractivity contribution in [3.63, 3.8) is 0 Å². The minimum absolute atomic E-state index is 0.0290. The Morgan fingerprint density at radius 2 is 1.63 bits per heavy atom. The number of hydrogen-bond acceptors (Lipinski definition) is 3. The molecule has 5 nitrogen and oxygen atoms in total. The summed E-state index contributed by atoms with van der Waals surface area (Å²) in [5.74, 6) is -1.05. The topological polar surface area (TPSA) is 94.8 Å². The van der Waals surface area contributed by atoms with E-state index in [1.54, 1.807) is 0 Å². The number of hydrogen-bond donors (Lipinski definition) is 3. The van der Waals surface area contributed by atoms with Crippen molar-refractivity contribution in [2.75, 3.05) is 0 Å². The lowest BCUT2D eigenvalue weighted by Gasteiger charge is -2.69. The van der Waals surface area contributed by atoms with Crippen LogP contribution in [0.5, 0.6) is 0 Å². The first-order valence-electron chi connectivity index (χ1n) is 13.8. The fraction of sp³-hybridized carbons (Fsp3) is 0.867. The average Bonchev–Trinajstić information content (AvgIpc) is 2.71. The first-order valence-corrected chi connectivity index (χ1v) is 13.8. The Hall–Kier alpha value is -1.36. The highest BCUT2D eigenvalue weighted by Gasteiger charge is 2.68. The Morgan fingerprint density at radius 3 is 2.20 bits per heavy atom. The van der Waals surface area contributed by atoms with Gasteiger partial charge in [0.2, 0.25) is 0 Å². The number of fused-ring (bicyclic) bond motifs is 5. The van der Waals surface area contributed by atoms with Crippen LogP contribution in [0.15, 0.2) is 11.6 Å². The highest BCUT2D eigenvalue weighted by molar-refractivity contribution is 5.76. The Labute approximate surface area is 211 Å². The molecule has 198 valence electrons. The second-order valence-electron chi connectivity index (χ2n) is 14.7. The first-order chi connectivity index (χ1) is 15.9. The molecule has 35 heavy (non-hydrogen) atoms. The van der Waals surface area contributed by atoms with E-state index < -0.39 is 23.0 Å². The molecule has 0 amide bonds. The van der Waals surface area contributed by atoms with Gasteiger partial charge in [-0.25, -0.2) is 0 Å². The van der Waals surface area contributed by atoms with Crippen LogP contribution in [0.2, 0.25) is 0 Å². The second kappa shape index (κ2) is 8.07. The zero-order chi connectivity index (χ0) is 26.2. The smallest absolute Gasteiger partial charge is 0.310 e. The van der Waals surface area contributed by atoms with E-state index in [1.807, 2.05) is 13.8 Å². The summed E-state index contributed by atoms with van der Waals surface area (Å²) < 4.78 is 0. The van der Waals surface area contributed by atoms with Gasteiger partial charge in [-0.05, 0) is 111 Å². The van der Waals surface area contributed by atoms with Gasteiger partial charge in [-0.1, -0.05) is 46.3 Å². The predicted molar refractivity (Wildman–Crippen MR) is 137 cm³/mol. The van der Waals surface area contributed by atoms with Gasteiger partial charge in [0, 0.05) is 6.42 Å². The van der Waals surface area contributed by atoms with E-state index in [4.69, 9.17) is 0 Å². The van der Waals surface area contributed by atoms with Gasteiger partial charge in [-0.15, -0.1) is 0 Å². The molecule has 4 aliphatic carbocycles. The van der Waals surface area contributed by atoms with Crippen LogP contribution in [0.3, 0.4) is 0 Å². The lowest BCUT2D eigenvalue weighted by atomic mass is 9.35. The fourth-order valence-electron chi connectivity index (χ4n) is 9.88. The minimum atomic E-state index is -0.877. The number of carbonyl (C=O) groups is 2. The van der Waals surface area contributed by atoms with Gasteiger partial charge in [-0.2, -0.15) is 0 Å². The van der Waals surface area contributed by atoms with Gasteiger partial charge in [0.25, 0.3) is 0 Å². The third kappa shape index (κ3) is 3.81. The zero-order valence-corrected chi connectivity index (χ0v) is 23.0. The molecule has 0 aromatic rings. The molecular weight excluding hydrogens is 440 g/mol. The predicted octanol–water partition coefficient (Wildman–Crippen LogP) is 6.69. The SMILES string of the molecule is CC1(C)CC[C@]2(C(=O)O)CC[C@]3(C)C(=CC[C@@H]4[C@@](C)(CCC(=O)O)C(C(C)(C)O)CC[C@]43C)[C@@H]2C1. The summed E-state index contributed by atoms with van der Waals surface area (Å²) in [4.78, 5) is 24.4. The molecule has 3 saturated carbocycles. The van der Waals surface area contributed by atoms with Crippen LogP contribution in [-0.2, 0) is 9.59 Å². The molecule has 0 aromatic carbocycles. The highest BCUT2D eigenvalue weighted by Crippen LogP contribution is 2.74. The van der Waals surface area contributed by atoms with E-state index in [1.165, 1.54) is 5.57 Å². The first kappa shape index (κ1) is 26.7. The van der Waals surface area contributed by atoms with Crippen LogP contribution < -0.4 is 0 Å². The molecule has 0 aliphatic heterocycles. The maximum Gasteiger partial charge on any atom is 0.310 e. The summed E-state index contributed by atoms with van der Waals surface area (Å²) in [6.45, 7) is 15.4. The summed E-state index contributed by atoms with van der Waals surface area (Å²) in [7, 11) is 0. The molecule has 0 spiro atoms. The summed E-state index contributed by atoms with van der Waals surface area (Å²) in [6, 6.07) is 0. The van der Waals surface area contributed by atoms with Crippen LogP contribution >= 0.6 is 0 Å². The maximum atomic E-state index is 12.8. The fourth-order valence-corrected chi connectivity index (χ4v) is 9.88. The molecule has 5 heteroatoms. The number of allylic oxidation sites excluding steroid dienone is 2. The van der Waals surface area contributed by atoms with Crippen LogP contribution in [0, 0.1) is 44.8 Å². The maximum absolute atomic E-state index is 12.8. The molecule has 7 atom stereocenters. The zero-order valence-electron chi connectivity index (χ0n) is 23.0. The highest BCUT2D eigenvalue weighted by atomic mass is 16.4. The Morgan fingerprint density at radius 1 is 1.00 bits per heavy atom. The average molecular weight is 489 g/mol. The quantitative estimate of drug-likeness (QED) is 0.375. The van der Waals surface area contributed by atoms with Gasteiger partial charge in [0.15, 0.2) is 0 Å². The van der Waals surface area contributed by atoms with Crippen LogP contribution in [-0.4, -0.2) is 32.9 Å².